The highest BCUT2D eigenvalue weighted by molar-refractivity contribution is 5.94. The smallest absolute Gasteiger partial charge is 0.230 e. The van der Waals surface area contributed by atoms with Gasteiger partial charge in [-0.05, 0) is 80.3 Å². The van der Waals surface area contributed by atoms with E-state index in [1.54, 1.807) is 7.11 Å². The second kappa shape index (κ2) is 8.26. The number of nitrogens with zero attached hydrogens (tertiary/aromatic N) is 2. The van der Waals surface area contributed by atoms with Crippen molar-refractivity contribution >= 4 is 17.2 Å². The lowest BCUT2D eigenvalue weighted by Crippen LogP contribution is -2.16. The van der Waals surface area contributed by atoms with Crippen LogP contribution in [0.1, 0.15) is 27.9 Å². The molecule has 0 unspecified atom stereocenters. The van der Waals surface area contributed by atoms with Gasteiger partial charge in [-0.1, -0.05) is 18.2 Å². The molecule has 0 bridgehead atoms. The molecule has 31 heavy (non-hydrogen) atoms. The van der Waals surface area contributed by atoms with E-state index in [1.807, 2.05) is 54.8 Å². The predicted octanol–water partition coefficient (Wildman–Crippen LogP) is 5.42. The van der Waals surface area contributed by atoms with Gasteiger partial charge >= 0.3 is 0 Å². The number of imidazole rings is 1. The number of fused-ring (bicyclic) bond motifs is 1. The minimum absolute atomic E-state index is 0.114. The highest BCUT2D eigenvalue weighted by Gasteiger charge is 2.18. The summed E-state index contributed by atoms with van der Waals surface area (Å²) in [7, 11) is 1.60. The van der Waals surface area contributed by atoms with E-state index in [0.717, 1.165) is 33.7 Å². The molecule has 2 aromatic carbocycles. The SMILES string of the molecule is COc1ccc(C)cc1NC(=O)Cc1c(-c2ccc(C)c(C)c2)nc2cc(C)ccn12. The molecule has 0 aliphatic heterocycles. The zero-order chi connectivity index (χ0) is 22.1. The summed E-state index contributed by atoms with van der Waals surface area (Å²) in [6.45, 7) is 8.21. The minimum Gasteiger partial charge on any atom is -0.495 e. The van der Waals surface area contributed by atoms with E-state index in [0.29, 0.717) is 11.4 Å². The molecule has 4 aromatic rings. The van der Waals surface area contributed by atoms with Crippen molar-refractivity contribution in [2.24, 2.45) is 0 Å². The molecule has 0 aliphatic rings. The second-order valence-corrected chi connectivity index (χ2v) is 8.07. The molecule has 5 nitrogen and oxygen atoms in total. The molecule has 158 valence electrons. The molecule has 0 atom stereocenters. The summed E-state index contributed by atoms with van der Waals surface area (Å²) < 4.78 is 7.41. The standard InChI is InChI=1S/C26H27N3O2/c1-16-6-9-23(31-5)21(12-16)27-25(30)15-22-26(20-8-7-18(3)19(4)14-20)28-24-13-17(2)10-11-29(22)24/h6-14H,15H2,1-5H3,(H,27,30). The van der Waals surface area contributed by atoms with Crippen LogP contribution < -0.4 is 10.1 Å². The summed E-state index contributed by atoms with van der Waals surface area (Å²) in [6, 6.07) is 16.1. The predicted molar refractivity (Wildman–Crippen MR) is 125 cm³/mol. The van der Waals surface area contributed by atoms with Crippen molar-refractivity contribution in [3.05, 3.63) is 82.7 Å². The lowest BCUT2D eigenvalue weighted by atomic mass is 10.0. The van der Waals surface area contributed by atoms with Gasteiger partial charge < -0.3 is 14.5 Å². The quantitative estimate of drug-likeness (QED) is 0.475. The Morgan fingerprint density at radius 2 is 1.74 bits per heavy atom. The van der Waals surface area contributed by atoms with Crippen LogP contribution in [0.15, 0.2) is 54.7 Å². The number of benzene rings is 2. The molecule has 0 saturated heterocycles. The van der Waals surface area contributed by atoms with Crippen molar-refractivity contribution in [2.45, 2.75) is 34.1 Å². The number of carbonyl (C=O) groups excluding carboxylic acids is 1. The van der Waals surface area contributed by atoms with E-state index < -0.39 is 0 Å². The van der Waals surface area contributed by atoms with Gasteiger partial charge in [0.1, 0.15) is 11.4 Å². The van der Waals surface area contributed by atoms with Gasteiger partial charge in [0.2, 0.25) is 5.91 Å². The Bertz CT molecular complexity index is 1290. The molecule has 0 spiro atoms. The normalized spacial score (nSPS) is 11.0. The largest absolute Gasteiger partial charge is 0.495 e. The number of hydrogen-bond donors (Lipinski definition) is 1. The van der Waals surface area contributed by atoms with Crippen LogP contribution in [0.3, 0.4) is 0 Å². The highest BCUT2D eigenvalue weighted by atomic mass is 16.5. The van der Waals surface area contributed by atoms with Crippen molar-refractivity contribution in [3.8, 4) is 17.0 Å². The Hall–Kier alpha value is -3.60. The van der Waals surface area contributed by atoms with Gasteiger partial charge in [-0.3, -0.25) is 4.79 Å². The number of carbonyl (C=O) groups is 1. The third-order valence-corrected chi connectivity index (χ3v) is 5.62. The number of ether oxygens (including phenoxy) is 1. The minimum atomic E-state index is -0.114. The van der Waals surface area contributed by atoms with E-state index in [2.05, 4.69) is 37.4 Å². The summed E-state index contributed by atoms with van der Waals surface area (Å²) in [4.78, 5) is 17.9. The van der Waals surface area contributed by atoms with Gasteiger partial charge in [0.15, 0.2) is 0 Å². The fourth-order valence-electron chi connectivity index (χ4n) is 3.75. The Balaban J connectivity index is 1.75. The van der Waals surface area contributed by atoms with Crippen LogP contribution in [0, 0.1) is 27.7 Å². The molecule has 4 rings (SSSR count). The number of amides is 1. The first-order valence-electron chi connectivity index (χ1n) is 10.4. The average Bonchev–Trinajstić information content (AvgIpc) is 3.07. The van der Waals surface area contributed by atoms with Crippen molar-refractivity contribution in [2.75, 3.05) is 12.4 Å². The summed E-state index contributed by atoms with van der Waals surface area (Å²) in [6.07, 6.45) is 2.18. The topological polar surface area (TPSA) is 55.6 Å². The van der Waals surface area contributed by atoms with E-state index in [4.69, 9.17) is 9.72 Å². The van der Waals surface area contributed by atoms with E-state index in [9.17, 15) is 4.79 Å². The average molecular weight is 414 g/mol. The summed E-state index contributed by atoms with van der Waals surface area (Å²) in [5.41, 5.74) is 8.83. The third-order valence-electron chi connectivity index (χ3n) is 5.62. The van der Waals surface area contributed by atoms with E-state index >= 15 is 0 Å². The first-order valence-corrected chi connectivity index (χ1v) is 10.4. The molecule has 1 amide bonds. The van der Waals surface area contributed by atoms with Crippen molar-refractivity contribution in [3.63, 3.8) is 0 Å². The Morgan fingerprint density at radius 1 is 0.968 bits per heavy atom. The molecule has 2 heterocycles. The van der Waals surface area contributed by atoms with Crippen LogP contribution in [0.4, 0.5) is 5.69 Å². The number of anilines is 1. The number of hydrogen-bond acceptors (Lipinski definition) is 3. The zero-order valence-corrected chi connectivity index (χ0v) is 18.6. The first-order chi connectivity index (χ1) is 14.9. The highest BCUT2D eigenvalue weighted by Crippen LogP contribution is 2.29. The number of methoxy groups -OCH3 is 1. The van der Waals surface area contributed by atoms with E-state index in [-0.39, 0.29) is 12.3 Å². The molecule has 0 radical (unpaired) electrons. The number of aryl methyl sites for hydroxylation is 4. The molecule has 5 heteroatoms. The van der Waals surface area contributed by atoms with Crippen LogP contribution in [0.5, 0.6) is 5.75 Å². The summed E-state index contributed by atoms with van der Waals surface area (Å²) in [5.74, 6) is 0.526. The summed E-state index contributed by atoms with van der Waals surface area (Å²) in [5, 5.41) is 3.01. The molecule has 0 saturated carbocycles. The molecular weight excluding hydrogens is 386 g/mol. The Kier molecular flexibility index (Phi) is 5.51. The van der Waals surface area contributed by atoms with Crippen LogP contribution >= 0.6 is 0 Å². The fourth-order valence-corrected chi connectivity index (χ4v) is 3.75. The number of pyridine rings is 1. The second-order valence-electron chi connectivity index (χ2n) is 8.07. The van der Waals surface area contributed by atoms with Crippen LogP contribution in [0.2, 0.25) is 0 Å². The van der Waals surface area contributed by atoms with Crippen molar-refractivity contribution < 1.29 is 9.53 Å². The Labute approximate surface area is 182 Å². The van der Waals surface area contributed by atoms with Gasteiger partial charge in [0.05, 0.1) is 30.6 Å². The van der Waals surface area contributed by atoms with Gasteiger partial charge in [-0.15, -0.1) is 0 Å². The number of rotatable bonds is 5. The monoisotopic (exact) mass is 413 g/mol. The number of nitrogens with one attached hydrogen (secondary N) is 1. The maximum Gasteiger partial charge on any atom is 0.230 e. The van der Waals surface area contributed by atoms with Crippen LogP contribution in [-0.4, -0.2) is 22.4 Å². The molecular formula is C26H27N3O2. The first kappa shape index (κ1) is 20.7. The van der Waals surface area contributed by atoms with Crippen molar-refractivity contribution in [1.29, 1.82) is 0 Å². The maximum atomic E-state index is 13.1. The van der Waals surface area contributed by atoms with Crippen LogP contribution in [0.25, 0.3) is 16.9 Å². The molecule has 2 aromatic heterocycles. The van der Waals surface area contributed by atoms with Gasteiger partial charge in [0.25, 0.3) is 0 Å². The van der Waals surface area contributed by atoms with Crippen LogP contribution in [-0.2, 0) is 11.2 Å². The lowest BCUT2D eigenvalue weighted by Gasteiger charge is -2.12. The Morgan fingerprint density at radius 3 is 2.48 bits per heavy atom. The zero-order valence-electron chi connectivity index (χ0n) is 18.6. The van der Waals surface area contributed by atoms with Gasteiger partial charge in [-0.2, -0.15) is 0 Å². The summed E-state index contributed by atoms with van der Waals surface area (Å²) >= 11 is 0. The fraction of sp³-hybridized carbons (Fsp3) is 0.231. The van der Waals surface area contributed by atoms with Gasteiger partial charge in [0, 0.05) is 11.8 Å². The molecule has 0 aliphatic carbocycles. The number of aromatic nitrogens is 2. The lowest BCUT2D eigenvalue weighted by molar-refractivity contribution is -0.115. The third kappa shape index (κ3) is 4.17. The van der Waals surface area contributed by atoms with Gasteiger partial charge in [-0.25, -0.2) is 4.98 Å². The maximum absolute atomic E-state index is 13.1. The van der Waals surface area contributed by atoms with Crippen molar-refractivity contribution in [1.82, 2.24) is 9.38 Å². The molecule has 0 fully saturated rings. The van der Waals surface area contributed by atoms with E-state index in [1.165, 1.54) is 11.1 Å². The molecule has 1 N–H and O–H groups in total.